The monoisotopic (exact) mass is 493 g/mol. The smallest absolute Gasteiger partial charge is 0.339 e. The van der Waals surface area contributed by atoms with Crippen molar-refractivity contribution in [3.63, 3.8) is 0 Å². The molecule has 4 aromatic rings. The number of rotatable bonds is 11. The number of hydrogen-bond acceptors (Lipinski definition) is 4. The number of Topliss-reactive ketones (excluding diaryl/α,β-unsaturated/α-hetero) is 1. The molecule has 1 heterocycles. The van der Waals surface area contributed by atoms with Gasteiger partial charge in [-0.2, -0.15) is 0 Å². The minimum atomic E-state index is -0.525. The summed E-state index contributed by atoms with van der Waals surface area (Å²) in [5.41, 5.74) is 6.73. The topological polar surface area (TPSA) is 56.3 Å². The van der Waals surface area contributed by atoms with Crippen molar-refractivity contribution >= 4 is 22.7 Å². The number of carbonyl (C=O) groups is 2. The van der Waals surface area contributed by atoms with E-state index in [1.807, 2.05) is 44.2 Å². The Bertz CT molecular complexity index is 1370. The fourth-order valence-electron chi connectivity index (χ4n) is 4.46. The van der Waals surface area contributed by atoms with E-state index >= 15 is 0 Å². The van der Waals surface area contributed by atoms with Crippen LogP contribution in [0.3, 0.4) is 0 Å². The molecule has 0 saturated carbocycles. The number of ether oxygens (including phenoxy) is 1. The van der Waals surface area contributed by atoms with E-state index in [1.165, 1.54) is 37.7 Å². The van der Waals surface area contributed by atoms with Gasteiger partial charge in [0.25, 0.3) is 0 Å². The van der Waals surface area contributed by atoms with Gasteiger partial charge in [0.1, 0.15) is 0 Å². The molecular weight excluding hydrogens is 458 g/mol. The van der Waals surface area contributed by atoms with E-state index < -0.39 is 5.97 Å². The number of aromatic nitrogens is 1. The zero-order chi connectivity index (χ0) is 26.2. The maximum atomic E-state index is 13.2. The van der Waals surface area contributed by atoms with Crippen LogP contribution in [-0.2, 0) is 11.2 Å². The van der Waals surface area contributed by atoms with Gasteiger partial charge in [-0.15, -0.1) is 0 Å². The molecule has 0 unspecified atom stereocenters. The lowest BCUT2D eigenvalue weighted by Crippen LogP contribution is -2.15. The highest BCUT2D eigenvalue weighted by molar-refractivity contribution is 6.06. The van der Waals surface area contributed by atoms with E-state index in [0.29, 0.717) is 16.8 Å². The Morgan fingerprint density at radius 3 is 2.22 bits per heavy atom. The second-order valence-corrected chi connectivity index (χ2v) is 9.80. The molecule has 0 aliphatic rings. The van der Waals surface area contributed by atoms with Crippen molar-refractivity contribution in [1.82, 2.24) is 4.98 Å². The molecule has 0 aliphatic heterocycles. The largest absolute Gasteiger partial charge is 0.454 e. The number of nitrogens with zero attached hydrogens (tertiary/aromatic N) is 1. The van der Waals surface area contributed by atoms with Crippen molar-refractivity contribution in [2.45, 2.75) is 59.3 Å². The first-order valence-electron chi connectivity index (χ1n) is 13.2. The summed E-state index contributed by atoms with van der Waals surface area (Å²) < 4.78 is 5.49. The zero-order valence-corrected chi connectivity index (χ0v) is 22.0. The summed E-state index contributed by atoms with van der Waals surface area (Å²) in [6.45, 7) is 5.87. The summed E-state index contributed by atoms with van der Waals surface area (Å²) >= 11 is 0. The average molecular weight is 494 g/mol. The third kappa shape index (κ3) is 6.91. The molecule has 3 aromatic carbocycles. The van der Waals surface area contributed by atoms with Crippen LogP contribution in [0.4, 0.5) is 0 Å². The van der Waals surface area contributed by atoms with E-state index in [-0.39, 0.29) is 12.4 Å². The first kappa shape index (κ1) is 26.3. The van der Waals surface area contributed by atoms with E-state index in [9.17, 15) is 9.59 Å². The van der Waals surface area contributed by atoms with Crippen molar-refractivity contribution in [3.8, 4) is 11.3 Å². The minimum absolute atomic E-state index is 0.228. The van der Waals surface area contributed by atoms with Crippen LogP contribution in [-0.4, -0.2) is 23.3 Å². The number of pyridine rings is 1. The standard InChI is InChI=1S/C33H35NO3/c1-4-5-6-7-8-9-25-13-17-26(18-14-25)31-21-29(28-20-24(3)12-19-30(28)34-31)33(36)37-22-32(35)27-15-10-23(2)11-16-27/h10-21H,4-9,22H2,1-3H3. The SMILES string of the molecule is CCCCCCCc1ccc(-c2cc(C(=O)OCC(=O)c3ccc(C)cc3)c3cc(C)ccc3n2)cc1. The Morgan fingerprint density at radius 1 is 0.784 bits per heavy atom. The molecule has 0 spiro atoms. The molecule has 0 amide bonds. The molecule has 0 radical (unpaired) electrons. The Balaban J connectivity index is 1.53. The number of carbonyl (C=O) groups excluding carboxylic acids is 2. The maximum absolute atomic E-state index is 13.2. The van der Waals surface area contributed by atoms with Gasteiger partial charge in [-0.25, -0.2) is 9.78 Å². The molecule has 4 nitrogen and oxygen atoms in total. The molecule has 37 heavy (non-hydrogen) atoms. The van der Waals surface area contributed by atoms with Crippen molar-refractivity contribution in [1.29, 1.82) is 0 Å². The number of hydrogen-bond donors (Lipinski definition) is 0. The fourth-order valence-corrected chi connectivity index (χ4v) is 4.46. The van der Waals surface area contributed by atoms with Crippen LogP contribution in [0.2, 0.25) is 0 Å². The van der Waals surface area contributed by atoms with Crippen LogP contribution in [0.15, 0.2) is 72.8 Å². The molecule has 190 valence electrons. The van der Waals surface area contributed by atoms with E-state index in [1.54, 1.807) is 18.2 Å². The third-order valence-corrected chi connectivity index (χ3v) is 6.71. The second kappa shape index (κ2) is 12.4. The molecule has 4 heteroatoms. The lowest BCUT2D eigenvalue weighted by atomic mass is 10.0. The highest BCUT2D eigenvalue weighted by Gasteiger charge is 2.17. The normalized spacial score (nSPS) is 11.0. The Labute approximate surface area is 219 Å². The molecule has 0 fully saturated rings. The number of unbranched alkanes of at least 4 members (excludes halogenated alkanes) is 4. The zero-order valence-electron chi connectivity index (χ0n) is 22.0. The van der Waals surface area contributed by atoms with E-state index in [0.717, 1.165) is 34.0 Å². The summed E-state index contributed by atoms with van der Waals surface area (Å²) in [6.07, 6.45) is 7.39. The lowest BCUT2D eigenvalue weighted by Gasteiger charge is -2.11. The van der Waals surface area contributed by atoms with Gasteiger partial charge in [0.2, 0.25) is 0 Å². The summed E-state index contributed by atoms with van der Waals surface area (Å²) in [5, 5.41) is 0.722. The minimum Gasteiger partial charge on any atom is -0.454 e. The van der Waals surface area contributed by atoms with Gasteiger partial charge in [-0.05, 0) is 50.5 Å². The fraction of sp³-hybridized carbons (Fsp3) is 0.303. The number of aryl methyl sites for hydroxylation is 3. The third-order valence-electron chi connectivity index (χ3n) is 6.71. The molecular formula is C33H35NO3. The van der Waals surface area contributed by atoms with Crippen molar-refractivity contribution in [3.05, 3.63) is 101 Å². The maximum Gasteiger partial charge on any atom is 0.339 e. The molecule has 0 N–H and O–H groups in total. The van der Waals surface area contributed by atoms with Gasteiger partial charge in [0, 0.05) is 16.5 Å². The van der Waals surface area contributed by atoms with Crippen LogP contribution in [0.1, 0.15) is 76.4 Å². The number of esters is 1. The van der Waals surface area contributed by atoms with Crippen molar-refractivity contribution in [2.75, 3.05) is 6.61 Å². The highest BCUT2D eigenvalue weighted by atomic mass is 16.5. The lowest BCUT2D eigenvalue weighted by molar-refractivity contribution is 0.0476. The van der Waals surface area contributed by atoms with Crippen LogP contribution < -0.4 is 0 Å². The van der Waals surface area contributed by atoms with Crippen molar-refractivity contribution in [2.24, 2.45) is 0 Å². The molecule has 0 aliphatic carbocycles. The van der Waals surface area contributed by atoms with Gasteiger partial charge >= 0.3 is 5.97 Å². The predicted octanol–water partition coefficient (Wildman–Crippen LogP) is 8.07. The number of ketones is 1. The van der Waals surface area contributed by atoms with Gasteiger partial charge in [0.15, 0.2) is 12.4 Å². The first-order chi connectivity index (χ1) is 17.9. The summed E-state index contributed by atoms with van der Waals surface area (Å²) in [7, 11) is 0. The van der Waals surface area contributed by atoms with Crippen LogP contribution in [0, 0.1) is 13.8 Å². The van der Waals surface area contributed by atoms with Gasteiger partial charge in [-0.3, -0.25) is 4.79 Å². The summed E-state index contributed by atoms with van der Waals surface area (Å²) in [6, 6.07) is 23.3. The number of benzene rings is 3. The van der Waals surface area contributed by atoms with Crippen LogP contribution in [0.25, 0.3) is 22.2 Å². The van der Waals surface area contributed by atoms with E-state index in [4.69, 9.17) is 9.72 Å². The second-order valence-electron chi connectivity index (χ2n) is 9.80. The number of fused-ring (bicyclic) bond motifs is 1. The molecule has 0 atom stereocenters. The van der Waals surface area contributed by atoms with Gasteiger partial charge in [-0.1, -0.05) is 98.3 Å². The highest BCUT2D eigenvalue weighted by Crippen LogP contribution is 2.27. The quantitative estimate of drug-likeness (QED) is 0.120. The van der Waals surface area contributed by atoms with Crippen LogP contribution in [0.5, 0.6) is 0 Å². The Hall–Kier alpha value is -3.79. The molecule has 0 bridgehead atoms. The Kier molecular flexibility index (Phi) is 8.84. The first-order valence-corrected chi connectivity index (χ1v) is 13.2. The van der Waals surface area contributed by atoms with E-state index in [2.05, 4.69) is 31.2 Å². The van der Waals surface area contributed by atoms with Gasteiger partial charge in [0.05, 0.1) is 16.8 Å². The molecule has 4 rings (SSSR count). The van der Waals surface area contributed by atoms with Crippen LogP contribution >= 0.6 is 0 Å². The molecule has 1 aromatic heterocycles. The summed E-state index contributed by atoms with van der Waals surface area (Å²) in [5.74, 6) is -0.753. The predicted molar refractivity (Wildman–Crippen MR) is 150 cm³/mol. The Morgan fingerprint density at radius 2 is 1.49 bits per heavy atom. The average Bonchev–Trinajstić information content (AvgIpc) is 2.91. The summed E-state index contributed by atoms with van der Waals surface area (Å²) in [4.78, 5) is 30.6. The molecule has 0 saturated heterocycles. The van der Waals surface area contributed by atoms with Crippen molar-refractivity contribution < 1.29 is 14.3 Å². The van der Waals surface area contributed by atoms with Gasteiger partial charge < -0.3 is 4.74 Å².